The van der Waals surface area contributed by atoms with Crippen molar-refractivity contribution in [1.82, 2.24) is 14.8 Å². The Morgan fingerprint density at radius 3 is 2.26 bits per heavy atom. The lowest BCUT2D eigenvalue weighted by Crippen LogP contribution is -2.16. The van der Waals surface area contributed by atoms with Gasteiger partial charge in [-0.25, -0.2) is 8.42 Å². The number of hydrogen-bond donors (Lipinski definition) is 1. The van der Waals surface area contributed by atoms with E-state index in [2.05, 4.69) is 35.7 Å². The first-order valence-electron chi connectivity index (χ1n) is 10.3. The van der Waals surface area contributed by atoms with Gasteiger partial charge < -0.3 is 4.57 Å². The smallest absolute Gasteiger partial charge is 0.261 e. The summed E-state index contributed by atoms with van der Waals surface area (Å²) in [7, 11) is -3.80. The second-order valence-electron chi connectivity index (χ2n) is 8.85. The summed E-state index contributed by atoms with van der Waals surface area (Å²) in [5.41, 5.74) is 2.00. The number of benzene rings is 2. The molecule has 166 valence electrons. The highest BCUT2D eigenvalue weighted by atomic mass is 35.5. The maximum atomic E-state index is 13.1. The molecule has 0 aliphatic rings. The van der Waals surface area contributed by atoms with Crippen LogP contribution < -0.4 is 4.72 Å². The number of rotatable bonds is 6. The molecule has 8 heteroatoms. The van der Waals surface area contributed by atoms with Crippen LogP contribution >= 0.6 is 11.6 Å². The van der Waals surface area contributed by atoms with Gasteiger partial charge in [0, 0.05) is 23.0 Å². The van der Waals surface area contributed by atoms with Crippen LogP contribution in [0.2, 0.25) is 5.02 Å². The molecule has 0 amide bonds. The minimum atomic E-state index is -3.80. The lowest BCUT2D eigenvalue weighted by molar-refractivity contribution is 0.587. The second kappa shape index (κ2) is 8.63. The predicted molar refractivity (Wildman–Crippen MR) is 126 cm³/mol. The van der Waals surface area contributed by atoms with Gasteiger partial charge in [-0.3, -0.25) is 4.72 Å². The first-order chi connectivity index (χ1) is 14.4. The summed E-state index contributed by atoms with van der Waals surface area (Å²) in [5, 5.41) is 9.14. The van der Waals surface area contributed by atoms with E-state index in [-0.39, 0.29) is 16.2 Å². The number of sulfonamides is 1. The zero-order valence-electron chi connectivity index (χ0n) is 18.8. The number of anilines is 1. The molecule has 3 rings (SSSR count). The van der Waals surface area contributed by atoms with Gasteiger partial charge in [-0.2, -0.15) is 0 Å². The maximum absolute atomic E-state index is 13.1. The molecule has 1 N–H and O–H groups in total. The van der Waals surface area contributed by atoms with Crippen LogP contribution in [0.4, 0.5) is 5.69 Å². The zero-order valence-corrected chi connectivity index (χ0v) is 20.3. The number of nitrogens with one attached hydrogen (secondary N) is 1. The third-order valence-electron chi connectivity index (χ3n) is 5.11. The van der Waals surface area contributed by atoms with Crippen molar-refractivity contribution in [1.29, 1.82) is 0 Å². The van der Waals surface area contributed by atoms with Gasteiger partial charge in [0.15, 0.2) is 5.82 Å². The van der Waals surface area contributed by atoms with E-state index in [0.717, 1.165) is 11.4 Å². The molecule has 1 aromatic heterocycles. The number of aromatic nitrogens is 3. The van der Waals surface area contributed by atoms with Crippen molar-refractivity contribution in [3.8, 4) is 11.4 Å². The molecule has 1 heterocycles. The minimum absolute atomic E-state index is 0.0581. The van der Waals surface area contributed by atoms with E-state index in [1.807, 2.05) is 37.5 Å². The van der Waals surface area contributed by atoms with E-state index >= 15 is 0 Å². The highest BCUT2D eigenvalue weighted by Crippen LogP contribution is 2.33. The summed E-state index contributed by atoms with van der Waals surface area (Å²) < 4.78 is 30.9. The van der Waals surface area contributed by atoms with Gasteiger partial charge in [-0.15, -0.1) is 10.2 Å². The quantitative estimate of drug-likeness (QED) is 0.501. The summed E-state index contributed by atoms with van der Waals surface area (Å²) in [4.78, 5) is 0.196. The third kappa shape index (κ3) is 4.93. The van der Waals surface area contributed by atoms with Crippen LogP contribution in [-0.2, 0) is 22.0 Å². The Morgan fingerprint density at radius 2 is 1.71 bits per heavy atom. The third-order valence-corrected chi connectivity index (χ3v) is 6.73. The molecule has 0 saturated heterocycles. The molecule has 0 aliphatic heterocycles. The molecule has 3 aromatic rings. The average Bonchev–Trinajstić information content (AvgIpc) is 3.13. The van der Waals surface area contributed by atoms with E-state index in [1.54, 1.807) is 30.3 Å². The molecule has 31 heavy (non-hydrogen) atoms. The molecule has 0 atom stereocenters. The monoisotopic (exact) mass is 460 g/mol. The van der Waals surface area contributed by atoms with E-state index in [1.165, 1.54) is 0 Å². The Kier molecular flexibility index (Phi) is 6.48. The molecule has 0 saturated carbocycles. The second-order valence-corrected chi connectivity index (χ2v) is 11.0. The largest absolute Gasteiger partial charge is 0.311 e. The van der Waals surface area contributed by atoms with Crippen molar-refractivity contribution in [3.63, 3.8) is 0 Å². The van der Waals surface area contributed by atoms with E-state index < -0.39 is 10.0 Å². The fourth-order valence-electron chi connectivity index (χ4n) is 3.38. The number of hydrogen-bond acceptors (Lipinski definition) is 4. The Bertz CT molecular complexity index is 1180. The fraction of sp³-hybridized carbons (Fsp3) is 0.391. The molecule has 0 unspecified atom stereocenters. The van der Waals surface area contributed by atoms with Gasteiger partial charge in [0.2, 0.25) is 0 Å². The molecule has 0 fully saturated rings. The lowest BCUT2D eigenvalue weighted by atomic mass is 9.87. The molecule has 0 spiro atoms. The van der Waals surface area contributed by atoms with E-state index in [0.29, 0.717) is 28.6 Å². The molecule has 6 nitrogen and oxygen atoms in total. The van der Waals surface area contributed by atoms with Gasteiger partial charge in [-0.05, 0) is 48.2 Å². The van der Waals surface area contributed by atoms with Crippen LogP contribution in [0.5, 0.6) is 0 Å². The van der Waals surface area contributed by atoms with E-state index in [9.17, 15) is 8.42 Å². The summed E-state index contributed by atoms with van der Waals surface area (Å²) in [6, 6.07) is 12.0. The topological polar surface area (TPSA) is 76.9 Å². The Hall–Kier alpha value is -2.38. The van der Waals surface area contributed by atoms with E-state index in [4.69, 9.17) is 11.6 Å². The van der Waals surface area contributed by atoms with Gasteiger partial charge >= 0.3 is 0 Å². The van der Waals surface area contributed by atoms with Crippen molar-refractivity contribution >= 4 is 27.3 Å². The fourth-order valence-corrected chi connectivity index (χ4v) is 4.63. The normalized spacial score (nSPS) is 12.4. The van der Waals surface area contributed by atoms with Crippen LogP contribution in [0.15, 0.2) is 47.4 Å². The first-order valence-corrected chi connectivity index (χ1v) is 12.2. The van der Waals surface area contributed by atoms with Crippen molar-refractivity contribution < 1.29 is 8.42 Å². The average molecular weight is 461 g/mol. The van der Waals surface area contributed by atoms with Crippen LogP contribution in [0.3, 0.4) is 0 Å². The van der Waals surface area contributed by atoms with Crippen LogP contribution in [0, 0.1) is 0 Å². The predicted octanol–water partition coefficient (Wildman–Crippen LogP) is 5.84. The highest BCUT2D eigenvalue weighted by molar-refractivity contribution is 7.92. The highest BCUT2D eigenvalue weighted by Gasteiger charge is 2.22. The van der Waals surface area contributed by atoms with Crippen molar-refractivity contribution in [2.24, 2.45) is 0 Å². The Morgan fingerprint density at radius 1 is 1.06 bits per heavy atom. The van der Waals surface area contributed by atoms with Gasteiger partial charge in [-0.1, -0.05) is 58.4 Å². The summed E-state index contributed by atoms with van der Waals surface area (Å²) in [6.45, 7) is 13.0. The van der Waals surface area contributed by atoms with Crippen molar-refractivity contribution in [2.75, 3.05) is 4.72 Å². The van der Waals surface area contributed by atoms with Crippen LogP contribution in [0.25, 0.3) is 11.4 Å². The SMILES string of the molecule is CCn1c(-c2cc(Cl)ccc2NS(=O)(=O)c2ccc(C(C)(C)C)cc2)nnc1C(C)C. The molecular formula is C23H29ClN4O2S. The minimum Gasteiger partial charge on any atom is -0.311 e. The molecule has 0 aliphatic carbocycles. The molecule has 0 radical (unpaired) electrons. The van der Waals surface area contributed by atoms with Gasteiger partial charge in [0.1, 0.15) is 5.82 Å². The lowest BCUT2D eigenvalue weighted by Gasteiger charge is -2.19. The standard InChI is InChI=1S/C23H29ClN4O2S/c1-7-28-21(15(2)3)25-26-22(28)19-14-17(24)10-13-20(19)27-31(29,30)18-11-8-16(9-12-18)23(4,5)6/h8-15,27H,7H2,1-6H3. The van der Waals surface area contributed by atoms with Gasteiger partial charge in [0.05, 0.1) is 10.6 Å². The maximum Gasteiger partial charge on any atom is 0.261 e. The first kappa shape index (κ1) is 23.3. The molecule has 0 bridgehead atoms. The van der Waals surface area contributed by atoms with Crippen molar-refractivity contribution in [3.05, 3.63) is 58.9 Å². The molecule has 2 aromatic carbocycles. The number of nitrogens with zero attached hydrogens (tertiary/aromatic N) is 3. The number of halogens is 1. The summed E-state index contributed by atoms with van der Waals surface area (Å²) >= 11 is 6.25. The van der Waals surface area contributed by atoms with Crippen molar-refractivity contribution in [2.45, 2.75) is 64.3 Å². The Labute approximate surface area is 189 Å². The zero-order chi connectivity index (χ0) is 23.0. The van der Waals surface area contributed by atoms with Crippen LogP contribution in [-0.4, -0.2) is 23.2 Å². The summed E-state index contributed by atoms with van der Waals surface area (Å²) in [6.07, 6.45) is 0. The molecular weight excluding hydrogens is 432 g/mol. The summed E-state index contributed by atoms with van der Waals surface area (Å²) in [5.74, 6) is 1.60. The Balaban J connectivity index is 2.04. The van der Waals surface area contributed by atoms with Gasteiger partial charge in [0.25, 0.3) is 10.0 Å². The van der Waals surface area contributed by atoms with Crippen LogP contribution in [0.1, 0.15) is 58.8 Å².